The Balaban J connectivity index is 2.13. The quantitative estimate of drug-likeness (QED) is 0.705. The summed E-state index contributed by atoms with van der Waals surface area (Å²) in [6.07, 6.45) is 0.736. The van der Waals surface area contributed by atoms with Gasteiger partial charge in [-0.15, -0.1) is 0 Å². The minimum atomic E-state index is -0.644. The van der Waals surface area contributed by atoms with E-state index in [0.717, 1.165) is 0 Å². The van der Waals surface area contributed by atoms with Gasteiger partial charge in [0.15, 0.2) is 11.5 Å². The second kappa shape index (κ2) is 6.87. The van der Waals surface area contributed by atoms with Crippen molar-refractivity contribution in [2.45, 2.75) is 26.4 Å². The maximum atomic E-state index is 12.5. The highest BCUT2D eigenvalue weighted by molar-refractivity contribution is 5.88. The van der Waals surface area contributed by atoms with Crippen LogP contribution in [-0.2, 0) is 4.74 Å². The lowest BCUT2D eigenvalue weighted by molar-refractivity contribution is 0.0589. The highest BCUT2D eigenvalue weighted by Crippen LogP contribution is 2.28. The first kappa shape index (κ1) is 19.2. The summed E-state index contributed by atoms with van der Waals surface area (Å²) in [6, 6.07) is 4.97. The number of ether oxygens (including phenoxy) is 2. The standard InChI is InChI=1S/C18H22N6O4/c1-18(2,3)28-17(26)23(4)10-6-11(8-12(7-10)27-5)24-15-13(22-16(24)25)14(19)20-9-21-15/h6-9H,1-5H3,(H,22,25)(H2,19,20,21). The fourth-order valence-electron chi connectivity index (χ4n) is 2.62. The third-order valence-electron chi connectivity index (χ3n) is 3.93. The zero-order valence-corrected chi connectivity index (χ0v) is 16.3. The number of amides is 1. The monoisotopic (exact) mass is 386 g/mol. The van der Waals surface area contributed by atoms with Crippen LogP contribution in [0.3, 0.4) is 0 Å². The van der Waals surface area contributed by atoms with Gasteiger partial charge in [0.05, 0.1) is 18.5 Å². The average Bonchev–Trinajstić information content (AvgIpc) is 2.96. The van der Waals surface area contributed by atoms with Gasteiger partial charge in [0.25, 0.3) is 0 Å². The van der Waals surface area contributed by atoms with Crippen molar-refractivity contribution in [2.24, 2.45) is 0 Å². The van der Waals surface area contributed by atoms with E-state index >= 15 is 0 Å². The Bertz CT molecular complexity index is 1100. The first-order chi connectivity index (χ1) is 13.1. The molecule has 0 bridgehead atoms. The number of methoxy groups -OCH3 is 1. The molecule has 0 radical (unpaired) electrons. The number of anilines is 2. The molecule has 3 aromatic rings. The molecule has 0 spiro atoms. The molecule has 0 atom stereocenters. The van der Waals surface area contributed by atoms with Crippen molar-refractivity contribution in [1.82, 2.24) is 19.5 Å². The van der Waals surface area contributed by atoms with E-state index in [9.17, 15) is 9.59 Å². The number of carbonyl (C=O) groups excluding carboxylic acids is 1. The zero-order valence-electron chi connectivity index (χ0n) is 16.3. The molecule has 148 valence electrons. The number of hydrogen-bond donors (Lipinski definition) is 2. The molecular weight excluding hydrogens is 364 g/mol. The molecule has 10 nitrogen and oxygen atoms in total. The molecule has 1 amide bonds. The van der Waals surface area contributed by atoms with Crippen molar-refractivity contribution in [3.63, 3.8) is 0 Å². The second-order valence-corrected chi connectivity index (χ2v) is 7.15. The Morgan fingerprint density at radius 3 is 2.61 bits per heavy atom. The van der Waals surface area contributed by atoms with Crippen molar-refractivity contribution >= 4 is 28.8 Å². The third-order valence-corrected chi connectivity index (χ3v) is 3.93. The SMILES string of the molecule is COc1cc(N(C)C(=O)OC(C)(C)C)cc(-n2c(=O)[nH]c3c(N)ncnc32)c1. The zero-order chi connectivity index (χ0) is 20.6. The summed E-state index contributed by atoms with van der Waals surface area (Å²) in [4.78, 5) is 37.0. The van der Waals surface area contributed by atoms with Crippen LogP contribution in [0.4, 0.5) is 16.3 Å². The van der Waals surface area contributed by atoms with E-state index in [0.29, 0.717) is 28.3 Å². The normalized spacial score (nSPS) is 11.5. The molecule has 0 aliphatic rings. The molecule has 0 aliphatic carbocycles. The van der Waals surface area contributed by atoms with E-state index < -0.39 is 17.4 Å². The van der Waals surface area contributed by atoms with Gasteiger partial charge in [0.1, 0.15) is 23.2 Å². The Kier molecular flexibility index (Phi) is 4.72. The molecule has 0 saturated heterocycles. The Labute approximate surface area is 160 Å². The molecule has 2 aromatic heterocycles. The molecule has 0 unspecified atom stereocenters. The van der Waals surface area contributed by atoms with E-state index in [1.54, 1.807) is 46.0 Å². The van der Waals surface area contributed by atoms with Crippen LogP contribution in [0.1, 0.15) is 20.8 Å². The Hall–Kier alpha value is -3.56. The van der Waals surface area contributed by atoms with Crippen LogP contribution in [0.25, 0.3) is 16.9 Å². The molecule has 3 N–H and O–H groups in total. The lowest BCUT2D eigenvalue weighted by Crippen LogP contribution is -2.34. The number of nitrogens with two attached hydrogens (primary N) is 1. The van der Waals surface area contributed by atoms with E-state index in [1.165, 1.54) is 22.9 Å². The predicted octanol–water partition coefficient (Wildman–Crippen LogP) is 2.07. The minimum Gasteiger partial charge on any atom is -0.497 e. The molecular formula is C18H22N6O4. The van der Waals surface area contributed by atoms with Crippen LogP contribution >= 0.6 is 0 Å². The second-order valence-electron chi connectivity index (χ2n) is 7.15. The number of hydrogen-bond acceptors (Lipinski definition) is 7. The summed E-state index contributed by atoms with van der Waals surface area (Å²) < 4.78 is 12.1. The van der Waals surface area contributed by atoms with Crippen molar-refractivity contribution < 1.29 is 14.3 Å². The number of rotatable bonds is 3. The first-order valence-corrected chi connectivity index (χ1v) is 8.48. The molecule has 28 heavy (non-hydrogen) atoms. The summed E-state index contributed by atoms with van der Waals surface area (Å²) >= 11 is 0. The summed E-state index contributed by atoms with van der Waals surface area (Å²) in [5.41, 5.74) is 6.30. The molecule has 1 aromatic carbocycles. The van der Waals surface area contributed by atoms with Gasteiger partial charge in [-0.2, -0.15) is 0 Å². The van der Waals surface area contributed by atoms with Gasteiger partial charge < -0.3 is 20.2 Å². The van der Waals surface area contributed by atoms with Gasteiger partial charge in [-0.25, -0.2) is 24.1 Å². The summed E-state index contributed by atoms with van der Waals surface area (Å²) in [6.45, 7) is 5.35. The van der Waals surface area contributed by atoms with Gasteiger partial charge in [-0.3, -0.25) is 4.90 Å². The lowest BCUT2D eigenvalue weighted by Gasteiger charge is -2.25. The van der Waals surface area contributed by atoms with Gasteiger partial charge >= 0.3 is 11.8 Å². The van der Waals surface area contributed by atoms with E-state index in [4.69, 9.17) is 15.2 Å². The lowest BCUT2D eigenvalue weighted by atomic mass is 10.2. The minimum absolute atomic E-state index is 0.162. The Morgan fingerprint density at radius 2 is 1.96 bits per heavy atom. The number of H-pyrrole nitrogens is 1. The van der Waals surface area contributed by atoms with Crippen LogP contribution in [0.5, 0.6) is 5.75 Å². The van der Waals surface area contributed by atoms with Crippen LogP contribution in [0, 0.1) is 0 Å². The number of fused-ring (bicyclic) bond motifs is 1. The van der Waals surface area contributed by atoms with Crippen molar-refractivity contribution in [3.8, 4) is 11.4 Å². The number of nitrogens with one attached hydrogen (secondary N) is 1. The third kappa shape index (κ3) is 3.61. The number of nitrogen functional groups attached to an aromatic ring is 1. The number of aromatic nitrogens is 4. The Morgan fingerprint density at radius 1 is 1.25 bits per heavy atom. The molecule has 3 rings (SSSR count). The van der Waals surface area contributed by atoms with E-state index in [1.807, 2.05) is 0 Å². The smallest absolute Gasteiger partial charge is 0.414 e. The fraction of sp³-hybridized carbons (Fsp3) is 0.333. The van der Waals surface area contributed by atoms with Gasteiger partial charge in [-0.1, -0.05) is 0 Å². The number of benzene rings is 1. The molecule has 2 heterocycles. The maximum absolute atomic E-state index is 12.5. The number of imidazole rings is 1. The molecule has 10 heteroatoms. The molecule has 0 aliphatic heterocycles. The number of carbonyl (C=O) groups is 1. The first-order valence-electron chi connectivity index (χ1n) is 8.48. The van der Waals surface area contributed by atoms with E-state index in [-0.39, 0.29) is 5.82 Å². The fourth-order valence-corrected chi connectivity index (χ4v) is 2.62. The largest absolute Gasteiger partial charge is 0.497 e. The van der Waals surface area contributed by atoms with Crippen molar-refractivity contribution in [2.75, 3.05) is 24.8 Å². The number of nitrogens with zero attached hydrogens (tertiary/aromatic N) is 4. The van der Waals surface area contributed by atoms with Gasteiger partial charge in [0.2, 0.25) is 0 Å². The van der Waals surface area contributed by atoms with Crippen LogP contribution in [0.2, 0.25) is 0 Å². The van der Waals surface area contributed by atoms with Crippen LogP contribution in [0.15, 0.2) is 29.3 Å². The highest BCUT2D eigenvalue weighted by Gasteiger charge is 2.22. The van der Waals surface area contributed by atoms with Crippen LogP contribution in [-0.4, -0.2) is 45.4 Å². The average molecular weight is 386 g/mol. The summed E-state index contributed by atoms with van der Waals surface area (Å²) in [5, 5.41) is 0. The van der Waals surface area contributed by atoms with Crippen molar-refractivity contribution in [3.05, 3.63) is 35.0 Å². The van der Waals surface area contributed by atoms with Crippen LogP contribution < -0.4 is 21.1 Å². The van der Waals surface area contributed by atoms with Crippen molar-refractivity contribution in [1.29, 1.82) is 0 Å². The van der Waals surface area contributed by atoms with Gasteiger partial charge in [-0.05, 0) is 26.8 Å². The summed E-state index contributed by atoms with van der Waals surface area (Å²) in [5.74, 6) is 0.612. The molecule has 0 saturated carbocycles. The summed E-state index contributed by atoms with van der Waals surface area (Å²) in [7, 11) is 3.07. The highest BCUT2D eigenvalue weighted by atomic mass is 16.6. The van der Waals surface area contributed by atoms with Gasteiger partial charge in [0, 0.05) is 19.2 Å². The maximum Gasteiger partial charge on any atom is 0.414 e. The topological polar surface area (TPSA) is 128 Å². The molecule has 0 fully saturated rings. The van der Waals surface area contributed by atoms with E-state index in [2.05, 4.69) is 15.0 Å². The predicted molar refractivity (Wildman–Crippen MR) is 105 cm³/mol. The number of aromatic amines is 1.